The predicted octanol–water partition coefficient (Wildman–Crippen LogP) is 0.856. The summed E-state index contributed by atoms with van der Waals surface area (Å²) in [7, 11) is -3.15. The molecule has 0 aromatic heterocycles. The summed E-state index contributed by atoms with van der Waals surface area (Å²) >= 11 is 5.89. The zero-order valence-corrected chi connectivity index (χ0v) is 10.1. The molecular weight excluding hydrogens is 238 g/mol. The average molecular weight is 254 g/mol. The van der Waals surface area contributed by atoms with Crippen molar-refractivity contribution in [3.63, 3.8) is 0 Å². The zero-order chi connectivity index (χ0) is 10.9. The fourth-order valence-corrected chi connectivity index (χ4v) is 4.01. The first-order valence-corrected chi connectivity index (χ1v) is 7.33. The van der Waals surface area contributed by atoms with Crippen LogP contribution < -0.4 is 4.72 Å². The standard InChI is InChI=1S/C9H16ClNO3S/c10-7-9(3-5-14-6-4-9)11-15(12,13)8-1-2-8/h8,11H,1-7H2. The zero-order valence-electron chi connectivity index (χ0n) is 8.54. The number of halogens is 1. The lowest BCUT2D eigenvalue weighted by Crippen LogP contribution is -2.54. The molecule has 1 heterocycles. The van der Waals surface area contributed by atoms with Crippen molar-refractivity contribution in [1.82, 2.24) is 4.72 Å². The molecular formula is C9H16ClNO3S. The third-order valence-electron chi connectivity index (χ3n) is 3.03. The first kappa shape index (κ1) is 11.6. The summed E-state index contributed by atoms with van der Waals surface area (Å²) in [4.78, 5) is 0. The van der Waals surface area contributed by atoms with E-state index >= 15 is 0 Å². The van der Waals surface area contributed by atoms with Gasteiger partial charge in [0.25, 0.3) is 0 Å². The number of rotatable bonds is 4. The van der Waals surface area contributed by atoms with Gasteiger partial charge in [-0.25, -0.2) is 13.1 Å². The van der Waals surface area contributed by atoms with Gasteiger partial charge in [-0.1, -0.05) is 0 Å². The predicted molar refractivity (Wildman–Crippen MR) is 58.6 cm³/mol. The first-order chi connectivity index (χ1) is 7.08. The second kappa shape index (κ2) is 4.20. The molecule has 4 nitrogen and oxygen atoms in total. The third-order valence-corrected chi connectivity index (χ3v) is 5.61. The van der Waals surface area contributed by atoms with Gasteiger partial charge in [-0.05, 0) is 25.7 Å². The molecule has 1 aliphatic heterocycles. The Morgan fingerprint density at radius 3 is 2.40 bits per heavy atom. The number of sulfonamides is 1. The number of hydrogen-bond acceptors (Lipinski definition) is 3. The van der Waals surface area contributed by atoms with Crippen LogP contribution in [0.4, 0.5) is 0 Å². The van der Waals surface area contributed by atoms with Crippen LogP contribution in [0.25, 0.3) is 0 Å². The van der Waals surface area contributed by atoms with E-state index < -0.39 is 15.6 Å². The molecule has 2 fully saturated rings. The molecule has 0 radical (unpaired) electrons. The van der Waals surface area contributed by atoms with Gasteiger partial charge in [0.2, 0.25) is 10.0 Å². The monoisotopic (exact) mass is 253 g/mol. The third kappa shape index (κ3) is 2.64. The molecule has 0 bridgehead atoms. The van der Waals surface area contributed by atoms with Crippen molar-refractivity contribution < 1.29 is 13.2 Å². The number of nitrogens with one attached hydrogen (secondary N) is 1. The fraction of sp³-hybridized carbons (Fsp3) is 1.00. The lowest BCUT2D eigenvalue weighted by atomic mass is 9.94. The van der Waals surface area contributed by atoms with Crippen LogP contribution in [0.15, 0.2) is 0 Å². The van der Waals surface area contributed by atoms with Gasteiger partial charge in [-0.15, -0.1) is 11.6 Å². The summed E-state index contributed by atoms with van der Waals surface area (Å²) in [5.74, 6) is 0.322. The Kier molecular flexibility index (Phi) is 3.26. The van der Waals surface area contributed by atoms with Gasteiger partial charge < -0.3 is 4.74 Å². The molecule has 1 saturated heterocycles. The quantitative estimate of drug-likeness (QED) is 0.756. The molecule has 1 saturated carbocycles. The summed E-state index contributed by atoms with van der Waals surface area (Å²) < 4.78 is 31.6. The van der Waals surface area contributed by atoms with Crippen molar-refractivity contribution in [2.75, 3.05) is 19.1 Å². The topological polar surface area (TPSA) is 55.4 Å². The Morgan fingerprint density at radius 1 is 1.33 bits per heavy atom. The Bertz CT molecular complexity index is 320. The lowest BCUT2D eigenvalue weighted by molar-refractivity contribution is 0.0549. The normalized spacial score (nSPS) is 26.5. The molecule has 1 N–H and O–H groups in total. The smallest absolute Gasteiger partial charge is 0.215 e. The van der Waals surface area contributed by atoms with E-state index in [4.69, 9.17) is 16.3 Å². The van der Waals surface area contributed by atoms with Crippen LogP contribution in [-0.2, 0) is 14.8 Å². The van der Waals surface area contributed by atoms with Crippen molar-refractivity contribution in [2.45, 2.75) is 36.5 Å². The summed E-state index contributed by atoms with van der Waals surface area (Å²) in [6, 6.07) is 0. The highest BCUT2D eigenvalue weighted by atomic mass is 35.5. The molecule has 0 spiro atoms. The van der Waals surface area contributed by atoms with E-state index in [1.165, 1.54) is 0 Å². The van der Waals surface area contributed by atoms with E-state index in [1.54, 1.807) is 0 Å². The molecule has 0 atom stereocenters. The molecule has 0 unspecified atom stereocenters. The summed E-state index contributed by atoms with van der Waals surface area (Å²) in [5.41, 5.74) is -0.471. The van der Waals surface area contributed by atoms with Gasteiger partial charge in [-0.3, -0.25) is 0 Å². The van der Waals surface area contributed by atoms with Gasteiger partial charge in [0.1, 0.15) is 0 Å². The van der Waals surface area contributed by atoms with Crippen LogP contribution in [0.2, 0.25) is 0 Å². The maximum Gasteiger partial charge on any atom is 0.215 e. The number of alkyl halides is 1. The first-order valence-electron chi connectivity index (χ1n) is 5.24. The molecule has 1 aliphatic carbocycles. The van der Waals surface area contributed by atoms with Crippen molar-refractivity contribution in [2.24, 2.45) is 0 Å². The summed E-state index contributed by atoms with van der Waals surface area (Å²) in [5, 5.41) is -0.180. The van der Waals surface area contributed by atoms with Crippen LogP contribution >= 0.6 is 11.6 Å². The van der Waals surface area contributed by atoms with Crippen LogP contribution in [0, 0.1) is 0 Å². The average Bonchev–Trinajstić information content (AvgIpc) is 3.02. The Balaban J connectivity index is 2.06. The Hall–Kier alpha value is 0.160. The van der Waals surface area contributed by atoms with Gasteiger partial charge in [0, 0.05) is 19.1 Å². The Morgan fingerprint density at radius 2 is 1.93 bits per heavy atom. The van der Waals surface area contributed by atoms with Crippen molar-refractivity contribution >= 4 is 21.6 Å². The van der Waals surface area contributed by atoms with Crippen molar-refractivity contribution in [3.8, 4) is 0 Å². The maximum atomic E-state index is 11.8. The van der Waals surface area contributed by atoms with Gasteiger partial charge in [0.05, 0.1) is 10.8 Å². The second-order valence-corrected chi connectivity index (χ2v) is 6.60. The minimum atomic E-state index is -3.15. The Labute approximate surface area is 95.4 Å². The second-order valence-electron chi connectivity index (χ2n) is 4.37. The highest BCUT2D eigenvalue weighted by Gasteiger charge is 2.42. The van der Waals surface area contributed by atoms with Crippen LogP contribution in [-0.4, -0.2) is 38.3 Å². The fourth-order valence-electron chi connectivity index (χ4n) is 1.79. The van der Waals surface area contributed by atoms with Gasteiger partial charge >= 0.3 is 0 Å². The maximum absolute atomic E-state index is 11.8. The summed E-state index contributed by atoms with van der Waals surface area (Å²) in [6.07, 6.45) is 2.90. The van der Waals surface area contributed by atoms with E-state index in [1.807, 2.05) is 0 Å². The molecule has 6 heteroatoms. The molecule has 88 valence electrons. The minimum Gasteiger partial charge on any atom is -0.381 e. The van der Waals surface area contributed by atoms with Crippen molar-refractivity contribution in [3.05, 3.63) is 0 Å². The molecule has 0 amide bonds. The molecule has 2 rings (SSSR count). The molecule has 2 aliphatic rings. The van der Waals surface area contributed by atoms with Crippen molar-refractivity contribution in [1.29, 1.82) is 0 Å². The van der Waals surface area contributed by atoms with Crippen LogP contribution in [0.5, 0.6) is 0 Å². The van der Waals surface area contributed by atoms with E-state index in [2.05, 4.69) is 4.72 Å². The molecule has 0 aromatic rings. The highest BCUT2D eigenvalue weighted by molar-refractivity contribution is 7.90. The van der Waals surface area contributed by atoms with E-state index in [9.17, 15) is 8.42 Å². The van der Waals surface area contributed by atoms with E-state index in [-0.39, 0.29) is 5.25 Å². The van der Waals surface area contributed by atoms with Crippen LogP contribution in [0.1, 0.15) is 25.7 Å². The lowest BCUT2D eigenvalue weighted by Gasteiger charge is -2.35. The van der Waals surface area contributed by atoms with Gasteiger partial charge in [-0.2, -0.15) is 0 Å². The summed E-state index contributed by atoms with van der Waals surface area (Å²) in [6.45, 7) is 1.17. The largest absolute Gasteiger partial charge is 0.381 e. The number of ether oxygens (including phenoxy) is 1. The van der Waals surface area contributed by atoms with Gasteiger partial charge in [0.15, 0.2) is 0 Å². The highest BCUT2D eigenvalue weighted by Crippen LogP contribution is 2.31. The van der Waals surface area contributed by atoms with Crippen LogP contribution in [0.3, 0.4) is 0 Å². The minimum absolute atomic E-state index is 0.180. The van der Waals surface area contributed by atoms with E-state index in [0.717, 1.165) is 12.8 Å². The molecule has 15 heavy (non-hydrogen) atoms. The number of hydrogen-bond donors (Lipinski definition) is 1. The SMILES string of the molecule is O=S(=O)(NC1(CCl)CCOCC1)C1CC1. The van der Waals surface area contributed by atoms with E-state index in [0.29, 0.717) is 31.9 Å². The molecule has 0 aromatic carbocycles.